The SMILES string of the molecule is O=C(O)C=Cc1cc(F)cc(Cl)c1O. The Bertz CT molecular complexity index is 401. The molecule has 3 nitrogen and oxygen atoms in total. The van der Waals surface area contributed by atoms with Crippen molar-refractivity contribution in [1.29, 1.82) is 0 Å². The normalized spacial score (nSPS) is 10.7. The van der Waals surface area contributed by atoms with Crippen LogP contribution in [-0.2, 0) is 4.79 Å². The van der Waals surface area contributed by atoms with Crippen molar-refractivity contribution in [1.82, 2.24) is 0 Å². The summed E-state index contributed by atoms with van der Waals surface area (Å²) in [7, 11) is 0. The number of rotatable bonds is 2. The number of benzene rings is 1. The van der Waals surface area contributed by atoms with E-state index < -0.39 is 11.8 Å². The highest BCUT2D eigenvalue weighted by Crippen LogP contribution is 2.29. The molecule has 0 radical (unpaired) electrons. The van der Waals surface area contributed by atoms with Crippen molar-refractivity contribution in [2.45, 2.75) is 0 Å². The number of aromatic hydroxyl groups is 1. The van der Waals surface area contributed by atoms with Gasteiger partial charge in [0.2, 0.25) is 0 Å². The summed E-state index contributed by atoms with van der Waals surface area (Å²) in [4.78, 5) is 10.2. The molecule has 0 fully saturated rings. The van der Waals surface area contributed by atoms with Crippen LogP contribution in [0.4, 0.5) is 4.39 Å². The second-order valence-corrected chi connectivity index (χ2v) is 2.90. The molecule has 0 spiro atoms. The van der Waals surface area contributed by atoms with Crippen molar-refractivity contribution in [2.24, 2.45) is 0 Å². The van der Waals surface area contributed by atoms with Crippen LogP contribution in [0.15, 0.2) is 18.2 Å². The molecule has 74 valence electrons. The van der Waals surface area contributed by atoms with Crippen molar-refractivity contribution >= 4 is 23.6 Å². The molecule has 0 aliphatic rings. The molecule has 2 N–H and O–H groups in total. The van der Waals surface area contributed by atoms with E-state index in [9.17, 15) is 14.3 Å². The van der Waals surface area contributed by atoms with Crippen LogP contribution in [0.5, 0.6) is 5.75 Å². The van der Waals surface area contributed by atoms with Crippen LogP contribution in [0, 0.1) is 5.82 Å². The maximum atomic E-state index is 12.8. The van der Waals surface area contributed by atoms with Gasteiger partial charge in [0.05, 0.1) is 5.02 Å². The maximum Gasteiger partial charge on any atom is 0.328 e. The molecule has 1 aromatic rings. The third-order valence-electron chi connectivity index (χ3n) is 1.46. The second kappa shape index (κ2) is 4.11. The first-order chi connectivity index (χ1) is 6.50. The van der Waals surface area contributed by atoms with Crippen LogP contribution in [0.1, 0.15) is 5.56 Å². The fourth-order valence-corrected chi connectivity index (χ4v) is 1.09. The smallest absolute Gasteiger partial charge is 0.328 e. The number of hydrogen-bond donors (Lipinski definition) is 2. The number of hydrogen-bond acceptors (Lipinski definition) is 2. The van der Waals surface area contributed by atoms with E-state index in [-0.39, 0.29) is 16.3 Å². The van der Waals surface area contributed by atoms with Gasteiger partial charge in [0, 0.05) is 11.6 Å². The topological polar surface area (TPSA) is 57.5 Å². The molecular formula is C9H6ClFO3. The molecule has 1 rings (SSSR count). The van der Waals surface area contributed by atoms with Gasteiger partial charge in [-0.25, -0.2) is 9.18 Å². The predicted octanol–water partition coefficient (Wildman–Crippen LogP) is 2.28. The zero-order valence-electron chi connectivity index (χ0n) is 6.87. The van der Waals surface area contributed by atoms with Crippen LogP contribution in [-0.4, -0.2) is 16.2 Å². The Hall–Kier alpha value is -1.55. The summed E-state index contributed by atoms with van der Waals surface area (Å²) in [6, 6.07) is 1.93. The van der Waals surface area contributed by atoms with Crippen molar-refractivity contribution in [2.75, 3.05) is 0 Å². The summed E-state index contributed by atoms with van der Waals surface area (Å²) in [5.41, 5.74) is 0.0254. The lowest BCUT2D eigenvalue weighted by atomic mass is 10.2. The maximum absolute atomic E-state index is 12.8. The zero-order valence-corrected chi connectivity index (χ0v) is 7.62. The van der Waals surface area contributed by atoms with Gasteiger partial charge in [0.25, 0.3) is 0 Å². The van der Waals surface area contributed by atoms with E-state index in [0.717, 1.165) is 24.3 Å². The summed E-state index contributed by atoms with van der Waals surface area (Å²) in [6.07, 6.45) is 1.84. The van der Waals surface area contributed by atoms with Gasteiger partial charge < -0.3 is 10.2 Å². The molecule has 0 saturated heterocycles. The highest BCUT2D eigenvalue weighted by Gasteiger charge is 2.06. The van der Waals surface area contributed by atoms with Crippen molar-refractivity contribution < 1.29 is 19.4 Å². The number of phenols is 1. The van der Waals surface area contributed by atoms with Crippen molar-refractivity contribution in [3.8, 4) is 5.75 Å². The van der Waals surface area contributed by atoms with Crippen molar-refractivity contribution in [3.63, 3.8) is 0 Å². The Morgan fingerprint density at radius 2 is 2.14 bits per heavy atom. The minimum atomic E-state index is -1.19. The van der Waals surface area contributed by atoms with E-state index in [1.165, 1.54) is 0 Å². The lowest BCUT2D eigenvalue weighted by molar-refractivity contribution is -0.131. The molecule has 0 saturated carbocycles. The fourth-order valence-electron chi connectivity index (χ4n) is 0.874. The van der Waals surface area contributed by atoms with E-state index in [2.05, 4.69) is 0 Å². The first kappa shape index (κ1) is 10.5. The molecule has 0 aliphatic heterocycles. The molecule has 1 aromatic carbocycles. The quantitative estimate of drug-likeness (QED) is 0.746. The third kappa shape index (κ3) is 2.47. The molecule has 0 atom stereocenters. The summed E-state index contributed by atoms with van der Waals surface area (Å²) < 4.78 is 12.8. The third-order valence-corrected chi connectivity index (χ3v) is 1.75. The van der Waals surface area contributed by atoms with Crippen LogP contribution >= 0.6 is 11.6 Å². The van der Waals surface area contributed by atoms with Crippen LogP contribution in [0.3, 0.4) is 0 Å². The van der Waals surface area contributed by atoms with Crippen LogP contribution in [0.2, 0.25) is 5.02 Å². The Morgan fingerprint density at radius 3 is 2.71 bits per heavy atom. The van der Waals surface area contributed by atoms with Gasteiger partial charge in [-0.15, -0.1) is 0 Å². The fraction of sp³-hybridized carbons (Fsp3) is 0. The van der Waals surface area contributed by atoms with E-state index in [1.807, 2.05) is 0 Å². The Labute approximate surface area is 84.1 Å². The van der Waals surface area contributed by atoms with Crippen LogP contribution < -0.4 is 0 Å². The molecule has 5 heteroatoms. The minimum absolute atomic E-state index is 0.0254. The van der Waals surface area contributed by atoms with Gasteiger partial charge in [-0.05, 0) is 18.2 Å². The Balaban J connectivity index is 3.14. The van der Waals surface area contributed by atoms with Gasteiger partial charge in [-0.1, -0.05) is 11.6 Å². The van der Waals surface area contributed by atoms with Crippen molar-refractivity contribution in [3.05, 3.63) is 34.6 Å². The number of carbonyl (C=O) groups is 1. The summed E-state index contributed by atoms with van der Waals surface area (Å²) in [5.74, 6) is -2.17. The first-order valence-corrected chi connectivity index (χ1v) is 3.97. The van der Waals surface area contributed by atoms with Gasteiger partial charge in [-0.3, -0.25) is 0 Å². The van der Waals surface area contributed by atoms with E-state index in [0.29, 0.717) is 0 Å². The first-order valence-electron chi connectivity index (χ1n) is 3.59. The van der Waals surface area contributed by atoms with Gasteiger partial charge in [0.15, 0.2) is 0 Å². The monoisotopic (exact) mass is 216 g/mol. The number of carboxylic acids is 1. The standard InChI is InChI=1S/C9H6ClFO3/c10-7-4-6(11)3-5(9(7)14)1-2-8(12)13/h1-4,14H,(H,12,13). The van der Waals surface area contributed by atoms with Gasteiger partial charge in [0.1, 0.15) is 11.6 Å². The average Bonchev–Trinajstić information content (AvgIpc) is 2.08. The highest BCUT2D eigenvalue weighted by atomic mass is 35.5. The van der Waals surface area contributed by atoms with E-state index in [4.69, 9.17) is 16.7 Å². The minimum Gasteiger partial charge on any atom is -0.506 e. The lowest BCUT2D eigenvalue weighted by Gasteiger charge is -2.01. The molecule has 14 heavy (non-hydrogen) atoms. The van der Waals surface area contributed by atoms with Gasteiger partial charge in [-0.2, -0.15) is 0 Å². The summed E-state index contributed by atoms with van der Waals surface area (Å²) in [5, 5.41) is 17.4. The average molecular weight is 217 g/mol. The highest BCUT2D eigenvalue weighted by molar-refractivity contribution is 6.32. The Kier molecular flexibility index (Phi) is 3.09. The molecule has 0 aliphatic carbocycles. The predicted molar refractivity (Wildman–Crippen MR) is 49.7 cm³/mol. The molecule has 0 amide bonds. The summed E-state index contributed by atoms with van der Waals surface area (Å²) in [6.45, 7) is 0. The number of phenolic OH excluding ortho intramolecular Hbond substituents is 1. The number of carboxylic acid groups (broad SMARTS) is 1. The number of aliphatic carboxylic acids is 1. The molecule has 0 bridgehead atoms. The molecule has 0 heterocycles. The molecular weight excluding hydrogens is 211 g/mol. The number of halogens is 2. The van der Waals surface area contributed by atoms with E-state index in [1.54, 1.807) is 0 Å². The Morgan fingerprint density at radius 1 is 1.50 bits per heavy atom. The largest absolute Gasteiger partial charge is 0.506 e. The second-order valence-electron chi connectivity index (χ2n) is 2.50. The zero-order chi connectivity index (χ0) is 10.7. The van der Waals surface area contributed by atoms with Gasteiger partial charge >= 0.3 is 5.97 Å². The lowest BCUT2D eigenvalue weighted by Crippen LogP contribution is -1.87. The summed E-state index contributed by atoms with van der Waals surface area (Å²) >= 11 is 5.46. The molecule has 0 aromatic heterocycles. The van der Waals surface area contributed by atoms with Crippen LogP contribution in [0.25, 0.3) is 6.08 Å². The van der Waals surface area contributed by atoms with E-state index >= 15 is 0 Å². The molecule has 0 unspecified atom stereocenters.